The summed E-state index contributed by atoms with van der Waals surface area (Å²) in [7, 11) is 0. The van der Waals surface area contributed by atoms with E-state index in [9.17, 15) is 9.59 Å². The second-order valence-electron chi connectivity index (χ2n) is 6.09. The first kappa shape index (κ1) is 17.5. The highest BCUT2D eigenvalue weighted by molar-refractivity contribution is 6.30. The van der Waals surface area contributed by atoms with E-state index in [1.54, 1.807) is 11.0 Å². The van der Waals surface area contributed by atoms with Crippen LogP contribution < -0.4 is 5.32 Å². The summed E-state index contributed by atoms with van der Waals surface area (Å²) in [6.45, 7) is 8.01. The van der Waals surface area contributed by atoms with Gasteiger partial charge in [-0.05, 0) is 37.6 Å². The van der Waals surface area contributed by atoms with Gasteiger partial charge in [0.05, 0.1) is 25.2 Å². The van der Waals surface area contributed by atoms with Gasteiger partial charge in [-0.3, -0.25) is 9.59 Å². The quantitative estimate of drug-likeness (QED) is 0.858. The minimum atomic E-state index is -0.439. The molecule has 1 unspecified atom stereocenters. The van der Waals surface area contributed by atoms with Gasteiger partial charge in [-0.15, -0.1) is 0 Å². The Morgan fingerprint density at radius 3 is 2.91 bits per heavy atom. The molecule has 1 heterocycles. The monoisotopic (exact) mass is 336 g/mol. The molecule has 0 radical (unpaired) electrons. The van der Waals surface area contributed by atoms with E-state index < -0.39 is 5.54 Å². The average molecular weight is 337 g/mol. The number of rotatable bonds is 4. The highest BCUT2D eigenvalue weighted by Gasteiger charge is 2.38. The molecule has 1 aromatic carbocycles. The highest BCUT2D eigenvalue weighted by Crippen LogP contribution is 2.31. The number of nitrogens with zero attached hydrogens (tertiary/aromatic N) is 1. The van der Waals surface area contributed by atoms with Gasteiger partial charge in [0.2, 0.25) is 11.8 Å². The largest absolute Gasteiger partial charge is 0.369 e. The number of halogens is 1. The molecule has 2 rings (SSSR count). The Labute approximate surface area is 141 Å². The van der Waals surface area contributed by atoms with Crippen molar-refractivity contribution in [2.45, 2.75) is 25.5 Å². The van der Waals surface area contributed by atoms with Gasteiger partial charge in [0.15, 0.2) is 0 Å². The van der Waals surface area contributed by atoms with Gasteiger partial charge in [0, 0.05) is 5.02 Å². The molecule has 1 N–H and O–H groups in total. The predicted molar refractivity (Wildman–Crippen MR) is 89.1 cm³/mol. The van der Waals surface area contributed by atoms with Crippen molar-refractivity contribution >= 4 is 23.4 Å². The van der Waals surface area contributed by atoms with Crippen molar-refractivity contribution < 1.29 is 14.3 Å². The summed E-state index contributed by atoms with van der Waals surface area (Å²) in [5.41, 5.74) is 0.492. The zero-order valence-corrected chi connectivity index (χ0v) is 14.1. The highest BCUT2D eigenvalue weighted by atomic mass is 35.5. The number of hydrogen-bond donors (Lipinski definition) is 1. The molecule has 1 atom stereocenters. The molecular weight excluding hydrogens is 316 g/mol. The Balaban J connectivity index is 2.11. The molecule has 23 heavy (non-hydrogen) atoms. The van der Waals surface area contributed by atoms with E-state index in [-0.39, 0.29) is 24.5 Å². The molecule has 1 aromatic rings. The fourth-order valence-electron chi connectivity index (χ4n) is 2.53. The molecule has 0 aliphatic carbocycles. The van der Waals surface area contributed by atoms with Crippen molar-refractivity contribution in [1.29, 1.82) is 0 Å². The molecule has 1 saturated heterocycles. The summed E-state index contributed by atoms with van der Waals surface area (Å²) in [6, 6.07) is 7.42. The van der Waals surface area contributed by atoms with E-state index in [1.807, 2.05) is 32.0 Å². The number of morpholine rings is 1. The van der Waals surface area contributed by atoms with Gasteiger partial charge in [-0.25, -0.2) is 0 Å². The fraction of sp³-hybridized carbons (Fsp3) is 0.412. The van der Waals surface area contributed by atoms with Crippen molar-refractivity contribution in [3.63, 3.8) is 0 Å². The van der Waals surface area contributed by atoms with Crippen LogP contribution in [0.2, 0.25) is 5.02 Å². The zero-order chi connectivity index (χ0) is 17.0. The first-order valence-electron chi connectivity index (χ1n) is 7.41. The average Bonchev–Trinajstić information content (AvgIpc) is 2.52. The maximum absolute atomic E-state index is 12.5. The lowest BCUT2D eigenvalue weighted by molar-refractivity contribution is -0.154. The number of nitrogens with one attached hydrogen (secondary N) is 1. The number of amides is 2. The minimum Gasteiger partial charge on any atom is -0.369 e. The number of carbonyl (C=O) groups is 2. The van der Waals surface area contributed by atoms with Crippen molar-refractivity contribution in [1.82, 2.24) is 10.2 Å². The third-order valence-electron chi connectivity index (χ3n) is 3.84. The second-order valence-corrected chi connectivity index (χ2v) is 6.53. The molecule has 0 bridgehead atoms. The fourth-order valence-corrected chi connectivity index (χ4v) is 2.73. The smallest absolute Gasteiger partial charge is 0.243 e. The summed E-state index contributed by atoms with van der Waals surface area (Å²) in [4.78, 5) is 25.5. The molecule has 0 spiro atoms. The third-order valence-corrected chi connectivity index (χ3v) is 4.07. The molecule has 0 saturated carbocycles. The van der Waals surface area contributed by atoms with Gasteiger partial charge in [0.1, 0.15) is 6.10 Å². The van der Waals surface area contributed by atoms with E-state index in [4.69, 9.17) is 16.3 Å². The number of carbonyl (C=O) groups excluding carboxylic acids is 2. The molecule has 5 nitrogen and oxygen atoms in total. The Bertz CT molecular complexity index is 616. The van der Waals surface area contributed by atoms with Crippen LogP contribution in [0.4, 0.5) is 0 Å². The van der Waals surface area contributed by atoms with Crippen LogP contribution in [0.1, 0.15) is 25.5 Å². The lowest BCUT2D eigenvalue weighted by Crippen LogP contribution is -2.58. The standard InChI is InChI=1S/C17H21ClN2O3/c1-4-15(21)19-9-16(22)20-10-14(23-11-17(20,2)3)12-6-5-7-13(18)8-12/h4-8,14H,1,9-11H2,2-3H3,(H,19,21). The number of ether oxygens (including phenoxy) is 1. The van der Waals surface area contributed by atoms with Crippen LogP contribution in [-0.2, 0) is 14.3 Å². The Morgan fingerprint density at radius 2 is 2.26 bits per heavy atom. The summed E-state index contributed by atoms with van der Waals surface area (Å²) in [5, 5.41) is 3.15. The van der Waals surface area contributed by atoms with Crippen LogP contribution in [0.15, 0.2) is 36.9 Å². The van der Waals surface area contributed by atoms with Crippen LogP contribution in [0.25, 0.3) is 0 Å². The SMILES string of the molecule is C=CC(=O)NCC(=O)N1CC(c2cccc(Cl)c2)OCC1(C)C. The third kappa shape index (κ3) is 4.33. The number of hydrogen-bond acceptors (Lipinski definition) is 3. The Kier molecular flexibility index (Phi) is 5.44. The Hall–Kier alpha value is -1.85. The maximum Gasteiger partial charge on any atom is 0.243 e. The molecule has 1 fully saturated rings. The summed E-state index contributed by atoms with van der Waals surface area (Å²) < 4.78 is 5.91. The first-order valence-corrected chi connectivity index (χ1v) is 7.79. The van der Waals surface area contributed by atoms with E-state index in [2.05, 4.69) is 11.9 Å². The van der Waals surface area contributed by atoms with Crippen molar-refractivity contribution in [3.8, 4) is 0 Å². The van der Waals surface area contributed by atoms with Gasteiger partial charge < -0.3 is 15.0 Å². The van der Waals surface area contributed by atoms with E-state index in [0.717, 1.165) is 11.6 Å². The lowest BCUT2D eigenvalue weighted by Gasteiger charge is -2.45. The van der Waals surface area contributed by atoms with E-state index >= 15 is 0 Å². The van der Waals surface area contributed by atoms with Crippen LogP contribution in [0.5, 0.6) is 0 Å². The van der Waals surface area contributed by atoms with Crippen molar-refractivity contribution in [3.05, 3.63) is 47.5 Å². The maximum atomic E-state index is 12.5. The number of benzene rings is 1. The van der Waals surface area contributed by atoms with E-state index in [0.29, 0.717) is 18.2 Å². The van der Waals surface area contributed by atoms with Crippen molar-refractivity contribution in [2.24, 2.45) is 0 Å². The normalized spacial score (nSPS) is 20.0. The van der Waals surface area contributed by atoms with E-state index in [1.165, 1.54) is 0 Å². The van der Waals surface area contributed by atoms with Gasteiger partial charge in [-0.1, -0.05) is 30.3 Å². The zero-order valence-electron chi connectivity index (χ0n) is 13.3. The van der Waals surface area contributed by atoms with Gasteiger partial charge in [-0.2, -0.15) is 0 Å². The molecule has 0 aromatic heterocycles. The summed E-state index contributed by atoms with van der Waals surface area (Å²) >= 11 is 6.03. The predicted octanol–water partition coefficient (Wildman–Crippen LogP) is 2.32. The molecule has 1 aliphatic rings. The van der Waals surface area contributed by atoms with Crippen molar-refractivity contribution in [2.75, 3.05) is 19.7 Å². The molecule has 6 heteroatoms. The minimum absolute atomic E-state index is 0.0590. The summed E-state index contributed by atoms with van der Waals surface area (Å²) in [5.74, 6) is -0.517. The molecule has 1 aliphatic heterocycles. The van der Waals surface area contributed by atoms with Crippen LogP contribution in [0, 0.1) is 0 Å². The lowest BCUT2D eigenvalue weighted by atomic mass is 9.98. The summed E-state index contributed by atoms with van der Waals surface area (Å²) in [6.07, 6.45) is 0.910. The molecular formula is C17H21ClN2O3. The second kappa shape index (κ2) is 7.15. The van der Waals surface area contributed by atoms with Crippen LogP contribution in [0.3, 0.4) is 0 Å². The van der Waals surface area contributed by atoms with Crippen LogP contribution >= 0.6 is 11.6 Å². The topological polar surface area (TPSA) is 58.6 Å². The first-order chi connectivity index (χ1) is 10.8. The van der Waals surface area contributed by atoms with Gasteiger partial charge >= 0.3 is 0 Å². The molecule has 2 amide bonds. The van der Waals surface area contributed by atoms with Crippen LogP contribution in [-0.4, -0.2) is 41.9 Å². The Morgan fingerprint density at radius 1 is 1.52 bits per heavy atom. The molecule has 124 valence electrons. The van der Waals surface area contributed by atoms with Gasteiger partial charge in [0.25, 0.3) is 0 Å².